The average Bonchev–Trinajstić information content (AvgIpc) is 3.30. The van der Waals surface area contributed by atoms with E-state index < -0.39 is 33.9 Å². The fourth-order valence-electron chi connectivity index (χ4n) is 10.1. The zero-order valence-electron chi connectivity index (χ0n) is 39.8. The molecule has 15 heteroatoms. The number of nitrogens with zero attached hydrogens (tertiary/aromatic N) is 2. The third-order valence-electron chi connectivity index (χ3n) is 13.2. The van der Waals surface area contributed by atoms with Crippen LogP contribution < -0.4 is 20.1 Å². The lowest BCUT2D eigenvalue weighted by molar-refractivity contribution is -0.250. The molecule has 0 saturated heterocycles. The van der Waals surface area contributed by atoms with Gasteiger partial charge >= 0.3 is 6.09 Å². The normalized spacial score (nSPS) is 22.7. The van der Waals surface area contributed by atoms with E-state index in [9.17, 15) is 28.2 Å². The first kappa shape index (κ1) is 52.7. The minimum Gasteiger partial charge on any atom is -0.460 e. The summed E-state index contributed by atoms with van der Waals surface area (Å²) in [6, 6.07) is 10.4. The van der Waals surface area contributed by atoms with Gasteiger partial charge in [-0.1, -0.05) is 94.9 Å². The van der Waals surface area contributed by atoms with E-state index in [2.05, 4.69) is 35.4 Å². The maximum atomic E-state index is 14.8. The lowest BCUT2D eigenvalue weighted by Gasteiger charge is -2.59. The predicted molar refractivity (Wildman–Crippen MR) is 258 cm³/mol. The second-order valence-electron chi connectivity index (χ2n) is 17.9. The van der Waals surface area contributed by atoms with E-state index in [1.54, 1.807) is 30.3 Å². The SMILES string of the molecule is C=CCOC12Oc3ccc(OC(=O)NCCCCCCCCCCCC)cc3C3C(CCCCO)C(CCCCO)C=C(C(=NOCC)CC1N(C)S(=O)(=O)c1ccc(NC(C)=O)cc1)C32. The summed E-state index contributed by atoms with van der Waals surface area (Å²) in [5.74, 6) is -2.13. The molecule has 1 aliphatic heterocycles. The molecule has 1 fully saturated rings. The van der Waals surface area contributed by atoms with Crippen LogP contribution in [0.4, 0.5) is 10.5 Å². The van der Waals surface area contributed by atoms with Crippen molar-refractivity contribution >= 4 is 33.4 Å². The molecule has 2 aromatic rings. The van der Waals surface area contributed by atoms with E-state index in [4.69, 9.17) is 19.0 Å². The van der Waals surface area contributed by atoms with Crippen LogP contribution in [-0.2, 0) is 24.4 Å². The maximum absolute atomic E-state index is 14.8. The Hall–Kier alpha value is -4.28. The number of hydrogen-bond donors (Lipinski definition) is 4. The molecule has 14 nitrogen and oxygen atoms in total. The van der Waals surface area contributed by atoms with Crippen LogP contribution in [0.5, 0.6) is 11.5 Å². The van der Waals surface area contributed by atoms with E-state index in [1.807, 2.05) is 13.0 Å². The molecule has 6 atom stereocenters. The number of carbonyl (C=O) groups is 2. The maximum Gasteiger partial charge on any atom is 0.412 e. The van der Waals surface area contributed by atoms with Crippen molar-refractivity contribution in [2.45, 2.75) is 153 Å². The number of anilines is 1. The number of allylic oxidation sites excluding steroid dienone is 1. The highest BCUT2D eigenvalue weighted by atomic mass is 32.2. The molecule has 366 valence electrons. The van der Waals surface area contributed by atoms with Crippen LogP contribution in [0.2, 0.25) is 0 Å². The Morgan fingerprint density at radius 3 is 2.23 bits per heavy atom. The number of oxime groups is 1. The Labute approximate surface area is 393 Å². The van der Waals surface area contributed by atoms with Gasteiger partial charge in [-0.25, -0.2) is 13.2 Å². The Kier molecular flexibility index (Phi) is 21.0. The molecule has 5 rings (SSSR count). The van der Waals surface area contributed by atoms with Gasteiger partial charge in [-0.3, -0.25) is 4.79 Å². The van der Waals surface area contributed by atoms with Crippen molar-refractivity contribution in [1.82, 2.24) is 9.62 Å². The highest BCUT2D eigenvalue weighted by molar-refractivity contribution is 7.89. The number of hydrogen-bond acceptors (Lipinski definition) is 11. The summed E-state index contributed by atoms with van der Waals surface area (Å²) in [7, 11) is -2.72. The Morgan fingerprint density at radius 2 is 1.59 bits per heavy atom. The standard InChI is InChI=1S/C51H76N4O10S/c1-6-9-10-11-12-13-14-15-16-19-30-52-50(59)64-40-26-29-46-44(35-40)48-42(23-18-21-32-57)38(22-17-20-31-56)34-43-45(54-63-8-3)36-47(51(65-46,49(43)48)62-33-7-2)55(5)66(60,61)41-27-24-39(25-28-41)53-37(4)58/h7,24-29,34-35,38,42,47-49,56-57H,2,6,8-23,30-33,36H2,1,3-5H3,(H,52,59)(H,53,58). The fraction of sp³-hybridized carbons (Fsp3) is 0.627. The van der Waals surface area contributed by atoms with Crippen LogP contribution in [0.1, 0.15) is 141 Å². The monoisotopic (exact) mass is 937 g/mol. The predicted octanol–water partition coefficient (Wildman–Crippen LogP) is 9.63. The third-order valence-corrected chi connectivity index (χ3v) is 15.1. The zero-order chi connectivity index (χ0) is 47.5. The molecule has 4 N–H and O–H groups in total. The summed E-state index contributed by atoms with van der Waals surface area (Å²) in [5, 5.41) is 30.1. The first-order valence-corrected chi connectivity index (χ1v) is 25.9. The van der Waals surface area contributed by atoms with E-state index in [-0.39, 0.29) is 61.4 Å². The number of carbonyl (C=O) groups excluding carboxylic acids is 2. The molecule has 0 spiro atoms. The van der Waals surface area contributed by atoms with Crippen molar-refractivity contribution < 1.29 is 47.3 Å². The molecule has 0 bridgehead atoms. The summed E-state index contributed by atoms with van der Waals surface area (Å²) in [6.45, 7) is 10.3. The number of amides is 2. The molecule has 1 saturated carbocycles. The second kappa shape index (κ2) is 26.3. The van der Waals surface area contributed by atoms with E-state index in [1.165, 1.54) is 75.4 Å². The van der Waals surface area contributed by atoms with Crippen LogP contribution in [0.3, 0.4) is 0 Å². The van der Waals surface area contributed by atoms with Crippen molar-refractivity contribution in [3.63, 3.8) is 0 Å². The van der Waals surface area contributed by atoms with E-state index >= 15 is 0 Å². The van der Waals surface area contributed by atoms with Crippen molar-refractivity contribution in [3.05, 3.63) is 72.3 Å². The van der Waals surface area contributed by atoms with Crippen molar-refractivity contribution in [3.8, 4) is 11.5 Å². The van der Waals surface area contributed by atoms with Crippen LogP contribution in [0.25, 0.3) is 0 Å². The topological polar surface area (TPSA) is 185 Å². The minimum atomic E-state index is -4.24. The average molecular weight is 937 g/mol. The zero-order valence-corrected chi connectivity index (χ0v) is 40.6. The smallest absolute Gasteiger partial charge is 0.412 e. The number of sulfonamides is 1. The summed E-state index contributed by atoms with van der Waals surface area (Å²) in [6.07, 6.45) is 19.5. The highest BCUT2D eigenvalue weighted by Crippen LogP contribution is 2.62. The van der Waals surface area contributed by atoms with Gasteiger partial charge in [0.25, 0.3) is 0 Å². The molecule has 0 radical (unpaired) electrons. The number of ether oxygens (including phenoxy) is 3. The number of likely N-dealkylation sites (N-methyl/N-ethyl adjacent to an activating group) is 1. The molecule has 3 aliphatic rings. The number of aliphatic hydroxyl groups excluding tert-OH is 2. The van der Waals surface area contributed by atoms with Gasteiger partial charge in [0.05, 0.1) is 29.2 Å². The van der Waals surface area contributed by atoms with Crippen molar-refractivity contribution in [2.75, 3.05) is 45.3 Å². The summed E-state index contributed by atoms with van der Waals surface area (Å²) in [4.78, 5) is 30.8. The molecular formula is C51H76N4O10S. The summed E-state index contributed by atoms with van der Waals surface area (Å²) >= 11 is 0. The van der Waals surface area contributed by atoms with E-state index in [0.29, 0.717) is 48.7 Å². The molecule has 2 aliphatic carbocycles. The highest BCUT2D eigenvalue weighted by Gasteiger charge is 2.65. The van der Waals surface area contributed by atoms with Crippen LogP contribution >= 0.6 is 0 Å². The van der Waals surface area contributed by atoms with Gasteiger partial charge in [0.1, 0.15) is 18.1 Å². The Balaban J connectivity index is 1.54. The fourth-order valence-corrected chi connectivity index (χ4v) is 11.5. The van der Waals surface area contributed by atoms with Crippen molar-refractivity contribution in [2.24, 2.45) is 22.9 Å². The van der Waals surface area contributed by atoms with Crippen LogP contribution in [-0.4, -0.2) is 92.5 Å². The molecular weight excluding hydrogens is 861 g/mol. The molecule has 6 unspecified atom stereocenters. The second-order valence-corrected chi connectivity index (χ2v) is 19.9. The molecule has 66 heavy (non-hydrogen) atoms. The lowest BCUT2D eigenvalue weighted by atomic mass is 9.55. The lowest BCUT2D eigenvalue weighted by Crippen LogP contribution is -2.69. The number of unbranched alkanes of at least 4 members (excludes halogenated alkanes) is 11. The summed E-state index contributed by atoms with van der Waals surface area (Å²) < 4.78 is 50.9. The van der Waals surface area contributed by atoms with Crippen LogP contribution in [0, 0.1) is 17.8 Å². The van der Waals surface area contributed by atoms with Crippen LogP contribution in [0.15, 0.2) is 76.8 Å². The van der Waals surface area contributed by atoms with Gasteiger partial charge in [0.2, 0.25) is 21.7 Å². The quantitative estimate of drug-likeness (QED) is 0.0348. The third kappa shape index (κ3) is 13.5. The Morgan fingerprint density at radius 1 is 0.924 bits per heavy atom. The number of aliphatic hydroxyl groups is 2. The van der Waals surface area contributed by atoms with Gasteiger partial charge in [-0.05, 0) is 98.9 Å². The Bertz CT molecular complexity index is 2040. The molecule has 2 aromatic carbocycles. The van der Waals surface area contributed by atoms with Gasteiger partial charge in [-0.15, -0.1) is 6.58 Å². The van der Waals surface area contributed by atoms with Gasteiger partial charge < -0.3 is 39.9 Å². The number of nitrogens with one attached hydrogen (secondary N) is 2. The van der Waals surface area contributed by atoms with Crippen molar-refractivity contribution in [1.29, 1.82) is 0 Å². The number of rotatable bonds is 29. The minimum absolute atomic E-state index is 0.00422. The number of benzene rings is 2. The molecule has 2 amide bonds. The first-order chi connectivity index (χ1) is 31.9. The van der Waals surface area contributed by atoms with Gasteiger partial charge in [-0.2, -0.15) is 4.31 Å². The summed E-state index contributed by atoms with van der Waals surface area (Å²) in [5.41, 5.74) is 2.66. The van der Waals surface area contributed by atoms with Gasteiger partial charge in [0, 0.05) is 57.3 Å². The first-order valence-electron chi connectivity index (χ1n) is 24.5. The van der Waals surface area contributed by atoms with E-state index in [0.717, 1.165) is 49.7 Å². The van der Waals surface area contributed by atoms with Gasteiger partial charge in [0.15, 0.2) is 0 Å². The number of fused-ring (bicyclic) bond motifs is 2. The molecule has 1 heterocycles. The largest absolute Gasteiger partial charge is 0.460 e. The molecule has 0 aromatic heterocycles.